The first-order chi connectivity index (χ1) is 13.1. The summed E-state index contributed by atoms with van der Waals surface area (Å²) >= 11 is 0. The van der Waals surface area contributed by atoms with Gasteiger partial charge in [-0.3, -0.25) is 0 Å². The SMILES string of the molecule is COc1ccc(C2C=C(c3ccc(F)c(F)c3)Nc3ncnn32)cc1OC. The van der Waals surface area contributed by atoms with Crippen molar-refractivity contribution in [2.75, 3.05) is 19.5 Å². The molecule has 1 N–H and O–H groups in total. The fraction of sp³-hybridized carbons (Fsp3) is 0.158. The Morgan fingerprint density at radius 3 is 2.56 bits per heavy atom. The Hall–Kier alpha value is -3.42. The van der Waals surface area contributed by atoms with Gasteiger partial charge < -0.3 is 14.8 Å². The van der Waals surface area contributed by atoms with Crippen molar-refractivity contribution in [3.8, 4) is 11.5 Å². The number of benzene rings is 2. The van der Waals surface area contributed by atoms with Gasteiger partial charge in [0.15, 0.2) is 23.1 Å². The molecule has 0 bridgehead atoms. The predicted octanol–water partition coefficient (Wildman–Crippen LogP) is 3.63. The van der Waals surface area contributed by atoms with Gasteiger partial charge in [0.1, 0.15) is 12.4 Å². The predicted molar refractivity (Wildman–Crippen MR) is 95.7 cm³/mol. The molecule has 0 fully saturated rings. The van der Waals surface area contributed by atoms with Crippen LogP contribution >= 0.6 is 0 Å². The molecule has 2 heterocycles. The van der Waals surface area contributed by atoms with Gasteiger partial charge >= 0.3 is 0 Å². The fourth-order valence-electron chi connectivity index (χ4n) is 3.04. The Kier molecular flexibility index (Phi) is 4.23. The van der Waals surface area contributed by atoms with Gasteiger partial charge in [-0.25, -0.2) is 13.5 Å². The molecule has 1 aromatic heterocycles. The van der Waals surface area contributed by atoms with Crippen molar-refractivity contribution in [3.63, 3.8) is 0 Å². The monoisotopic (exact) mass is 370 g/mol. The molecule has 1 aliphatic rings. The average Bonchev–Trinajstić information content (AvgIpc) is 3.17. The van der Waals surface area contributed by atoms with Gasteiger partial charge in [-0.05, 0) is 42.0 Å². The lowest BCUT2D eigenvalue weighted by atomic mass is 10.0. The molecule has 0 radical (unpaired) electrons. The minimum absolute atomic E-state index is 0.313. The van der Waals surface area contributed by atoms with Crippen molar-refractivity contribution >= 4 is 11.6 Å². The molecule has 3 aromatic rings. The maximum absolute atomic E-state index is 13.7. The molecule has 4 rings (SSSR count). The van der Waals surface area contributed by atoms with E-state index in [-0.39, 0.29) is 6.04 Å². The maximum atomic E-state index is 13.7. The summed E-state index contributed by atoms with van der Waals surface area (Å²) in [6, 6.07) is 8.98. The minimum atomic E-state index is -0.912. The van der Waals surface area contributed by atoms with Crippen LogP contribution in [-0.2, 0) is 0 Å². The smallest absolute Gasteiger partial charge is 0.226 e. The van der Waals surface area contributed by atoms with Crippen molar-refractivity contribution in [2.45, 2.75) is 6.04 Å². The Bertz CT molecular complexity index is 1030. The third-order valence-electron chi connectivity index (χ3n) is 4.39. The van der Waals surface area contributed by atoms with E-state index in [1.165, 1.54) is 12.4 Å². The van der Waals surface area contributed by atoms with Gasteiger partial charge in [-0.2, -0.15) is 10.1 Å². The number of ether oxygens (including phenoxy) is 2. The van der Waals surface area contributed by atoms with Crippen LogP contribution in [0.25, 0.3) is 5.70 Å². The van der Waals surface area contributed by atoms with Gasteiger partial charge in [-0.15, -0.1) is 0 Å². The third-order valence-corrected chi connectivity index (χ3v) is 4.39. The summed E-state index contributed by atoms with van der Waals surface area (Å²) in [6.07, 6.45) is 3.30. The van der Waals surface area contributed by atoms with E-state index in [4.69, 9.17) is 9.47 Å². The highest BCUT2D eigenvalue weighted by atomic mass is 19.2. The normalized spacial score (nSPS) is 15.6. The zero-order valence-corrected chi connectivity index (χ0v) is 14.6. The lowest BCUT2D eigenvalue weighted by Crippen LogP contribution is -2.20. The van der Waals surface area contributed by atoms with Crippen molar-refractivity contribution in [1.82, 2.24) is 14.8 Å². The topological polar surface area (TPSA) is 61.2 Å². The van der Waals surface area contributed by atoms with E-state index in [0.717, 1.165) is 17.7 Å². The number of aromatic nitrogens is 3. The summed E-state index contributed by atoms with van der Waals surface area (Å²) in [4.78, 5) is 4.20. The molecule has 8 heteroatoms. The molecular formula is C19H16F2N4O2. The number of nitrogens with one attached hydrogen (secondary N) is 1. The first kappa shape index (κ1) is 17.0. The van der Waals surface area contributed by atoms with E-state index in [0.29, 0.717) is 28.7 Å². The van der Waals surface area contributed by atoms with Crippen LogP contribution in [-0.4, -0.2) is 29.0 Å². The summed E-state index contributed by atoms with van der Waals surface area (Å²) in [5, 5.41) is 7.36. The molecule has 0 aliphatic carbocycles. The number of hydrogen-bond acceptors (Lipinski definition) is 5. The fourth-order valence-corrected chi connectivity index (χ4v) is 3.04. The van der Waals surface area contributed by atoms with Gasteiger partial charge in [0.25, 0.3) is 0 Å². The Labute approximate surface area is 154 Å². The number of anilines is 1. The lowest BCUT2D eigenvalue weighted by molar-refractivity contribution is 0.354. The highest BCUT2D eigenvalue weighted by Crippen LogP contribution is 2.36. The van der Waals surface area contributed by atoms with Gasteiger partial charge in [0.2, 0.25) is 5.95 Å². The molecule has 138 valence electrons. The first-order valence-electron chi connectivity index (χ1n) is 8.16. The van der Waals surface area contributed by atoms with E-state index in [9.17, 15) is 8.78 Å². The van der Waals surface area contributed by atoms with Gasteiger partial charge in [0, 0.05) is 11.3 Å². The van der Waals surface area contributed by atoms with Gasteiger partial charge in [0.05, 0.1) is 14.2 Å². The van der Waals surface area contributed by atoms with Crippen molar-refractivity contribution in [3.05, 3.63) is 71.6 Å². The van der Waals surface area contributed by atoms with E-state index < -0.39 is 11.6 Å². The average molecular weight is 370 g/mol. The standard InChI is InChI=1S/C19H16F2N4O2/c1-26-17-6-4-12(8-18(17)27-2)16-9-15(24-19-22-10-23-25(16)19)11-3-5-13(20)14(21)7-11/h3-10,16H,1-2H3,(H,22,23,24). The molecule has 0 saturated heterocycles. The molecule has 1 unspecified atom stereocenters. The highest BCUT2D eigenvalue weighted by Gasteiger charge is 2.24. The zero-order chi connectivity index (χ0) is 19.0. The zero-order valence-electron chi connectivity index (χ0n) is 14.6. The number of methoxy groups -OCH3 is 2. The van der Waals surface area contributed by atoms with Crippen LogP contribution in [0.2, 0.25) is 0 Å². The quantitative estimate of drug-likeness (QED) is 0.760. The van der Waals surface area contributed by atoms with Crippen LogP contribution < -0.4 is 14.8 Å². The molecule has 2 aromatic carbocycles. The molecular weight excluding hydrogens is 354 g/mol. The van der Waals surface area contributed by atoms with E-state index >= 15 is 0 Å². The van der Waals surface area contributed by atoms with Crippen LogP contribution in [0.1, 0.15) is 17.2 Å². The molecule has 6 nitrogen and oxygen atoms in total. The molecule has 27 heavy (non-hydrogen) atoms. The summed E-state index contributed by atoms with van der Waals surface area (Å²) < 4.78 is 39.3. The Balaban J connectivity index is 1.81. The largest absolute Gasteiger partial charge is 0.493 e. The van der Waals surface area contributed by atoms with E-state index in [2.05, 4.69) is 15.4 Å². The van der Waals surface area contributed by atoms with Crippen molar-refractivity contribution < 1.29 is 18.3 Å². The van der Waals surface area contributed by atoms with Crippen molar-refractivity contribution in [2.24, 2.45) is 0 Å². The second-order valence-corrected chi connectivity index (χ2v) is 5.92. The number of rotatable bonds is 4. The Morgan fingerprint density at radius 2 is 1.81 bits per heavy atom. The molecule has 1 aliphatic heterocycles. The van der Waals surface area contributed by atoms with E-state index in [1.54, 1.807) is 25.0 Å². The number of hydrogen-bond donors (Lipinski definition) is 1. The van der Waals surface area contributed by atoms with Gasteiger partial charge in [-0.1, -0.05) is 6.07 Å². The number of fused-ring (bicyclic) bond motifs is 1. The highest BCUT2D eigenvalue weighted by molar-refractivity contribution is 5.77. The number of allylic oxidation sites excluding steroid dienone is 1. The summed E-state index contributed by atoms with van der Waals surface area (Å²) in [7, 11) is 3.13. The summed E-state index contributed by atoms with van der Waals surface area (Å²) in [5.41, 5.74) is 1.99. The van der Waals surface area contributed by atoms with Crippen LogP contribution in [0.4, 0.5) is 14.7 Å². The van der Waals surface area contributed by atoms with Crippen LogP contribution in [0.15, 0.2) is 48.8 Å². The molecule has 1 atom stereocenters. The minimum Gasteiger partial charge on any atom is -0.493 e. The summed E-state index contributed by atoms with van der Waals surface area (Å²) in [6.45, 7) is 0. The molecule has 0 saturated carbocycles. The van der Waals surface area contributed by atoms with Crippen LogP contribution in [0.3, 0.4) is 0 Å². The van der Waals surface area contributed by atoms with E-state index in [1.807, 2.05) is 18.2 Å². The third kappa shape index (κ3) is 2.99. The maximum Gasteiger partial charge on any atom is 0.226 e. The lowest BCUT2D eigenvalue weighted by Gasteiger charge is -2.25. The molecule has 0 amide bonds. The second kappa shape index (κ2) is 6.71. The van der Waals surface area contributed by atoms with Crippen molar-refractivity contribution in [1.29, 1.82) is 0 Å². The van der Waals surface area contributed by atoms with Crippen LogP contribution in [0.5, 0.6) is 11.5 Å². The van der Waals surface area contributed by atoms with Crippen LogP contribution in [0, 0.1) is 11.6 Å². The first-order valence-corrected chi connectivity index (χ1v) is 8.16. The second-order valence-electron chi connectivity index (χ2n) is 5.92. The summed E-state index contributed by atoms with van der Waals surface area (Å²) in [5.74, 6) is -0.117. The molecule has 0 spiro atoms. The Morgan fingerprint density at radius 1 is 1.00 bits per heavy atom. The number of halogens is 2. The number of nitrogens with zero attached hydrogens (tertiary/aromatic N) is 3.